The number of aromatic nitrogens is 1. The molecule has 0 saturated carbocycles. The van der Waals surface area contributed by atoms with Gasteiger partial charge in [-0.15, -0.1) is 0 Å². The number of nitrogens with zero attached hydrogens (tertiary/aromatic N) is 2. The Morgan fingerprint density at radius 2 is 2.05 bits per heavy atom. The number of carbonyl (C=O) groups excluding carboxylic acids is 2. The van der Waals surface area contributed by atoms with Crippen molar-refractivity contribution in [3.8, 4) is 0 Å². The lowest BCUT2D eigenvalue weighted by Gasteiger charge is -2.16. The summed E-state index contributed by atoms with van der Waals surface area (Å²) in [6.07, 6.45) is 1.99. The third-order valence-electron chi connectivity index (χ3n) is 3.52. The van der Waals surface area contributed by atoms with Crippen LogP contribution < -0.4 is 5.73 Å². The van der Waals surface area contributed by atoms with Gasteiger partial charge in [0.25, 0.3) is 11.8 Å². The summed E-state index contributed by atoms with van der Waals surface area (Å²) in [7, 11) is 0. The standard InChI is InChI=1S/C15H14N3O2/c16-14(19)13-11(15(20)18-7-3-4-8-18)9-10-5-1-2-6-12(10)17-13/h1,5-6,9H,3-4,7-8H2,(H2,16,19). The Hall–Kier alpha value is -2.43. The van der Waals surface area contributed by atoms with Crippen LogP contribution in [0.1, 0.15) is 33.7 Å². The quantitative estimate of drug-likeness (QED) is 0.893. The van der Waals surface area contributed by atoms with E-state index in [1.807, 2.05) is 6.07 Å². The molecule has 101 valence electrons. The Labute approximate surface area is 116 Å². The number of carbonyl (C=O) groups is 2. The number of hydrogen-bond acceptors (Lipinski definition) is 3. The Morgan fingerprint density at radius 1 is 1.30 bits per heavy atom. The predicted molar refractivity (Wildman–Crippen MR) is 74.2 cm³/mol. The average molecular weight is 268 g/mol. The summed E-state index contributed by atoms with van der Waals surface area (Å²) in [5.74, 6) is -0.850. The molecule has 2 aromatic rings. The van der Waals surface area contributed by atoms with E-state index in [-0.39, 0.29) is 17.2 Å². The molecule has 0 aliphatic carbocycles. The van der Waals surface area contributed by atoms with E-state index in [0.29, 0.717) is 5.52 Å². The first-order chi connectivity index (χ1) is 9.66. The van der Waals surface area contributed by atoms with E-state index in [1.54, 1.807) is 23.1 Å². The van der Waals surface area contributed by atoms with Gasteiger partial charge in [0, 0.05) is 18.5 Å². The molecule has 1 saturated heterocycles. The Morgan fingerprint density at radius 3 is 2.75 bits per heavy atom. The van der Waals surface area contributed by atoms with Gasteiger partial charge in [0.2, 0.25) is 0 Å². The van der Waals surface area contributed by atoms with Gasteiger partial charge in [0.1, 0.15) is 5.69 Å². The van der Waals surface area contributed by atoms with Gasteiger partial charge >= 0.3 is 0 Å². The third-order valence-corrected chi connectivity index (χ3v) is 3.52. The molecule has 5 nitrogen and oxygen atoms in total. The second kappa shape index (κ2) is 4.92. The van der Waals surface area contributed by atoms with Gasteiger partial charge in [-0.25, -0.2) is 4.98 Å². The molecule has 1 aromatic heterocycles. The molecule has 0 spiro atoms. The van der Waals surface area contributed by atoms with E-state index in [4.69, 9.17) is 5.73 Å². The number of rotatable bonds is 2. The topological polar surface area (TPSA) is 76.3 Å². The first-order valence-corrected chi connectivity index (χ1v) is 6.57. The van der Waals surface area contributed by atoms with Crippen molar-refractivity contribution in [3.05, 3.63) is 41.6 Å². The number of likely N-dealkylation sites (tertiary alicyclic amines) is 1. The normalized spacial score (nSPS) is 14.7. The summed E-state index contributed by atoms with van der Waals surface area (Å²) in [6, 6.07) is 9.82. The molecular formula is C15H14N3O2. The lowest BCUT2D eigenvalue weighted by Crippen LogP contribution is -2.30. The van der Waals surface area contributed by atoms with E-state index in [1.165, 1.54) is 0 Å². The van der Waals surface area contributed by atoms with Gasteiger partial charge in [0.15, 0.2) is 0 Å². The van der Waals surface area contributed by atoms with Crippen molar-refractivity contribution in [2.75, 3.05) is 13.1 Å². The zero-order valence-corrected chi connectivity index (χ0v) is 10.9. The minimum Gasteiger partial charge on any atom is -0.364 e. The van der Waals surface area contributed by atoms with Crippen LogP contribution >= 0.6 is 0 Å². The minimum atomic E-state index is -0.682. The van der Waals surface area contributed by atoms with Gasteiger partial charge in [-0.3, -0.25) is 9.59 Å². The van der Waals surface area contributed by atoms with Crippen molar-refractivity contribution < 1.29 is 9.59 Å². The van der Waals surface area contributed by atoms with Crippen LogP contribution in [0.15, 0.2) is 24.3 Å². The molecule has 0 atom stereocenters. The van der Waals surface area contributed by atoms with Gasteiger partial charge in [-0.1, -0.05) is 12.1 Å². The largest absolute Gasteiger partial charge is 0.364 e. The molecule has 1 radical (unpaired) electrons. The highest BCUT2D eigenvalue weighted by Gasteiger charge is 2.24. The van der Waals surface area contributed by atoms with Crippen LogP contribution in [0, 0.1) is 6.07 Å². The van der Waals surface area contributed by atoms with Gasteiger partial charge < -0.3 is 10.6 Å². The Balaban J connectivity index is 2.14. The van der Waals surface area contributed by atoms with E-state index >= 15 is 0 Å². The fourth-order valence-electron chi connectivity index (χ4n) is 2.50. The van der Waals surface area contributed by atoms with Gasteiger partial charge in [0.05, 0.1) is 11.1 Å². The summed E-state index contributed by atoms with van der Waals surface area (Å²) in [5.41, 5.74) is 6.30. The summed E-state index contributed by atoms with van der Waals surface area (Å²) >= 11 is 0. The fourth-order valence-corrected chi connectivity index (χ4v) is 2.50. The lowest BCUT2D eigenvalue weighted by molar-refractivity contribution is 0.0786. The highest BCUT2D eigenvalue weighted by atomic mass is 16.2. The summed E-state index contributed by atoms with van der Waals surface area (Å²) < 4.78 is 0. The SMILES string of the molecule is NC(=O)c1nc2c[c]ccc2cc1C(=O)N1CCCC1. The van der Waals surface area contributed by atoms with Crippen LogP contribution in [0.25, 0.3) is 10.9 Å². The Bertz CT molecular complexity index is 691. The number of nitrogens with two attached hydrogens (primary N) is 1. The third kappa shape index (κ3) is 2.11. The van der Waals surface area contributed by atoms with Crippen LogP contribution in [0.5, 0.6) is 0 Å². The zero-order chi connectivity index (χ0) is 14.1. The fraction of sp³-hybridized carbons (Fsp3) is 0.267. The van der Waals surface area contributed by atoms with Crippen molar-refractivity contribution in [1.82, 2.24) is 9.88 Å². The van der Waals surface area contributed by atoms with Gasteiger partial charge in [-0.2, -0.15) is 0 Å². The number of hydrogen-bond donors (Lipinski definition) is 1. The van der Waals surface area contributed by atoms with Crippen molar-refractivity contribution in [3.63, 3.8) is 0 Å². The second-order valence-corrected chi connectivity index (χ2v) is 4.87. The lowest BCUT2D eigenvalue weighted by atomic mass is 10.1. The maximum absolute atomic E-state index is 12.5. The number of benzene rings is 1. The molecule has 2 N–H and O–H groups in total. The molecular weight excluding hydrogens is 254 g/mol. The second-order valence-electron chi connectivity index (χ2n) is 4.87. The van der Waals surface area contributed by atoms with Crippen LogP contribution in [-0.4, -0.2) is 34.8 Å². The maximum atomic E-state index is 12.5. The molecule has 5 heteroatoms. The zero-order valence-electron chi connectivity index (χ0n) is 10.9. The van der Waals surface area contributed by atoms with Crippen molar-refractivity contribution >= 4 is 22.7 Å². The van der Waals surface area contributed by atoms with Crippen LogP contribution in [-0.2, 0) is 0 Å². The molecule has 1 fully saturated rings. The molecule has 1 aromatic carbocycles. The number of amides is 2. The van der Waals surface area contributed by atoms with E-state index in [2.05, 4.69) is 11.1 Å². The van der Waals surface area contributed by atoms with E-state index in [9.17, 15) is 9.59 Å². The summed E-state index contributed by atoms with van der Waals surface area (Å²) in [4.78, 5) is 30.0. The van der Waals surface area contributed by atoms with Crippen LogP contribution in [0.3, 0.4) is 0 Å². The summed E-state index contributed by atoms with van der Waals surface area (Å²) in [5, 5.41) is 0.802. The van der Waals surface area contributed by atoms with Crippen molar-refractivity contribution in [1.29, 1.82) is 0 Å². The first-order valence-electron chi connectivity index (χ1n) is 6.57. The molecule has 1 aliphatic heterocycles. The monoisotopic (exact) mass is 268 g/mol. The highest BCUT2D eigenvalue weighted by Crippen LogP contribution is 2.20. The van der Waals surface area contributed by atoms with Crippen molar-refractivity contribution in [2.24, 2.45) is 5.73 Å². The minimum absolute atomic E-state index is 0.0361. The smallest absolute Gasteiger partial charge is 0.268 e. The Kier molecular flexibility index (Phi) is 3.10. The number of pyridine rings is 1. The molecule has 2 amide bonds. The molecule has 0 unspecified atom stereocenters. The molecule has 0 bridgehead atoms. The number of fused-ring (bicyclic) bond motifs is 1. The first kappa shape index (κ1) is 12.6. The molecule has 3 rings (SSSR count). The molecule has 1 aliphatic rings. The average Bonchev–Trinajstić information content (AvgIpc) is 2.99. The van der Waals surface area contributed by atoms with E-state index in [0.717, 1.165) is 31.3 Å². The maximum Gasteiger partial charge on any atom is 0.268 e. The molecule has 2 heterocycles. The highest BCUT2D eigenvalue weighted by molar-refractivity contribution is 6.07. The number of primary amides is 1. The van der Waals surface area contributed by atoms with E-state index < -0.39 is 5.91 Å². The van der Waals surface area contributed by atoms with Gasteiger partial charge in [-0.05, 0) is 31.0 Å². The van der Waals surface area contributed by atoms with Crippen LogP contribution in [0.4, 0.5) is 0 Å². The predicted octanol–water partition coefficient (Wildman–Crippen LogP) is 1.37. The molecule has 20 heavy (non-hydrogen) atoms. The van der Waals surface area contributed by atoms with Crippen LogP contribution in [0.2, 0.25) is 0 Å². The summed E-state index contributed by atoms with van der Waals surface area (Å²) in [6.45, 7) is 1.44. The van der Waals surface area contributed by atoms with Crippen molar-refractivity contribution in [2.45, 2.75) is 12.8 Å².